The van der Waals surface area contributed by atoms with Gasteiger partial charge in [0, 0.05) is 6.07 Å². The van der Waals surface area contributed by atoms with Crippen molar-refractivity contribution in [1.29, 1.82) is 0 Å². The van der Waals surface area contributed by atoms with Gasteiger partial charge in [0.15, 0.2) is 11.6 Å². The molecule has 2 nitrogen and oxygen atoms in total. The van der Waals surface area contributed by atoms with Crippen LogP contribution in [0.5, 0.6) is 5.75 Å². The third kappa shape index (κ3) is 3.13. The molecule has 5 heteroatoms. The van der Waals surface area contributed by atoms with E-state index in [9.17, 15) is 13.6 Å². The van der Waals surface area contributed by atoms with Gasteiger partial charge in [-0.2, -0.15) is 0 Å². The highest BCUT2D eigenvalue weighted by atomic mass is 28.4. The van der Waals surface area contributed by atoms with Crippen LogP contribution >= 0.6 is 0 Å². The zero-order chi connectivity index (χ0) is 12.5. The molecule has 0 atom stereocenters. The molecule has 0 fully saturated rings. The Morgan fingerprint density at radius 2 is 1.75 bits per heavy atom. The van der Waals surface area contributed by atoms with Gasteiger partial charge in [-0.05, 0) is 32.6 Å². The molecule has 0 spiro atoms. The Hall–Kier alpha value is -1.23. The SMILES string of the molecule is CC(=O)c1cc(O[Si](C)(C)C)c(F)cc1F. The normalized spacial score (nSPS) is 11.4. The molecule has 0 saturated heterocycles. The highest BCUT2D eigenvalue weighted by molar-refractivity contribution is 6.70. The largest absolute Gasteiger partial charge is 0.542 e. The number of rotatable bonds is 3. The summed E-state index contributed by atoms with van der Waals surface area (Å²) in [5.74, 6) is -2.12. The second-order valence-electron chi connectivity index (χ2n) is 4.53. The number of benzene rings is 1. The molecule has 0 radical (unpaired) electrons. The van der Waals surface area contributed by atoms with E-state index in [4.69, 9.17) is 4.43 Å². The van der Waals surface area contributed by atoms with Gasteiger partial charge in [0.1, 0.15) is 11.6 Å². The molecule has 0 unspecified atom stereocenters. The van der Waals surface area contributed by atoms with Crippen LogP contribution in [0.4, 0.5) is 8.78 Å². The first kappa shape index (κ1) is 12.8. The van der Waals surface area contributed by atoms with Crippen LogP contribution in [0.2, 0.25) is 19.6 Å². The van der Waals surface area contributed by atoms with Crippen molar-refractivity contribution in [1.82, 2.24) is 0 Å². The standard InChI is InChI=1S/C11H14F2O2Si/c1-7(14)8-5-11(15-16(2,3)4)10(13)6-9(8)12/h5-6H,1-4H3. The van der Waals surface area contributed by atoms with Crippen molar-refractivity contribution in [2.75, 3.05) is 0 Å². The number of Topliss-reactive ketones (excluding diaryl/α,β-unsaturated/α-hetero) is 1. The molecule has 0 aliphatic heterocycles. The van der Waals surface area contributed by atoms with E-state index < -0.39 is 25.7 Å². The Balaban J connectivity index is 3.20. The van der Waals surface area contributed by atoms with E-state index in [2.05, 4.69) is 0 Å². The first-order valence-electron chi connectivity index (χ1n) is 4.90. The average molecular weight is 244 g/mol. The summed E-state index contributed by atoms with van der Waals surface area (Å²) in [7, 11) is -1.98. The Morgan fingerprint density at radius 1 is 1.19 bits per heavy atom. The predicted molar refractivity (Wildman–Crippen MR) is 60.3 cm³/mol. The number of ketones is 1. The van der Waals surface area contributed by atoms with Crippen LogP contribution in [0.25, 0.3) is 0 Å². The molecule has 0 N–H and O–H groups in total. The molecule has 1 aromatic carbocycles. The molecule has 0 heterocycles. The molecular weight excluding hydrogens is 230 g/mol. The van der Waals surface area contributed by atoms with Gasteiger partial charge in [-0.1, -0.05) is 0 Å². The van der Waals surface area contributed by atoms with Gasteiger partial charge in [0.05, 0.1) is 5.56 Å². The lowest BCUT2D eigenvalue weighted by Crippen LogP contribution is -2.29. The first-order valence-corrected chi connectivity index (χ1v) is 8.30. The summed E-state index contributed by atoms with van der Waals surface area (Å²) in [6.45, 7) is 6.87. The lowest BCUT2D eigenvalue weighted by atomic mass is 10.1. The molecule has 88 valence electrons. The fourth-order valence-electron chi connectivity index (χ4n) is 1.21. The number of carbonyl (C=O) groups is 1. The van der Waals surface area contributed by atoms with E-state index in [-0.39, 0.29) is 11.3 Å². The maximum atomic E-state index is 13.4. The summed E-state index contributed by atoms with van der Waals surface area (Å²) in [5, 5.41) is 0. The van der Waals surface area contributed by atoms with E-state index in [1.54, 1.807) is 0 Å². The lowest BCUT2D eigenvalue weighted by molar-refractivity contribution is 0.101. The van der Waals surface area contributed by atoms with Crippen LogP contribution in [0, 0.1) is 11.6 Å². The summed E-state index contributed by atoms with van der Waals surface area (Å²) in [4.78, 5) is 11.1. The van der Waals surface area contributed by atoms with E-state index in [1.807, 2.05) is 19.6 Å². The zero-order valence-corrected chi connectivity index (χ0v) is 10.7. The molecule has 0 aliphatic rings. The summed E-state index contributed by atoms with van der Waals surface area (Å²) in [6.07, 6.45) is 0. The minimum Gasteiger partial charge on any atom is -0.542 e. The zero-order valence-electron chi connectivity index (χ0n) is 9.73. The first-order chi connectivity index (χ1) is 7.20. The molecule has 0 aliphatic carbocycles. The van der Waals surface area contributed by atoms with Gasteiger partial charge in [0.2, 0.25) is 8.32 Å². The maximum Gasteiger partial charge on any atom is 0.242 e. The summed E-state index contributed by atoms with van der Waals surface area (Å²) >= 11 is 0. The minimum atomic E-state index is -1.98. The molecule has 0 aromatic heterocycles. The van der Waals surface area contributed by atoms with E-state index in [0.717, 1.165) is 6.07 Å². The van der Waals surface area contributed by atoms with Gasteiger partial charge in [0.25, 0.3) is 0 Å². The van der Waals surface area contributed by atoms with Crippen LogP contribution in [-0.2, 0) is 0 Å². The third-order valence-electron chi connectivity index (χ3n) is 1.82. The van der Waals surface area contributed by atoms with E-state index in [0.29, 0.717) is 6.07 Å². The summed E-state index contributed by atoms with van der Waals surface area (Å²) < 4.78 is 32.0. The topological polar surface area (TPSA) is 26.3 Å². The van der Waals surface area contributed by atoms with Crippen LogP contribution in [-0.4, -0.2) is 14.1 Å². The van der Waals surface area contributed by atoms with Crippen molar-refractivity contribution in [3.05, 3.63) is 29.3 Å². The number of hydrogen-bond donors (Lipinski definition) is 0. The van der Waals surface area contributed by atoms with E-state index >= 15 is 0 Å². The minimum absolute atomic E-state index is 0.0502. The van der Waals surface area contributed by atoms with Crippen molar-refractivity contribution in [2.24, 2.45) is 0 Å². The fourth-order valence-corrected chi connectivity index (χ4v) is 2.02. The molecule has 0 saturated carbocycles. The molecule has 1 aromatic rings. The average Bonchev–Trinajstić information content (AvgIpc) is 2.07. The second kappa shape index (κ2) is 4.33. The fraction of sp³-hybridized carbons (Fsp3) is 0.364. The highest BCUT2D eigenvalue weighted by Gasteiger charge is 2.21. The van der Waals surface area contributed by atoms with E-state index in [1.165, 1.54) is 6.92 Å². The molecule has 1 rings (SSSR count). The van der Waals surface area contributed by atoms with Gasteiger partial charge >= 0.3 is 0 Å². The lowest BCUT2D eigenvalue weighted by Gasteiger charge is -2.20. The predicted octanol–water partition coefficient (Wildman–Crippen LogP) is 3.38. The van der Waals surface area contributed by atoms with Gasteiger partial charge in [-0.3, -0.25) is 4.79 Å². The van der Waals surface area contributed by atoms with Crippen molar-refractivity contribution < 1.29 is 18.0 Å². The van der Waals surface area contributed by atoms with Gasteiger partial charge < -0.3 is 4.43 Å². The Bertz CT molecular complexity index is 425. The second-order valence-corrected chi connectivity index (χ2v) is 8.96. The van der Waals surface area contributed by atoms with Crippen molar-refractivity contribution in [2.45, 2.75) is 26.6 Å². The molecule has 0 bridgehead atoms. The van der Waals surface area contributed by atoms with Crippen LogP contribution in [0.1, 0.15) is 17.3 Å². The number of halogens is 2. The summed E-state index contributed by atoms with van der Waals surface area (Å²) in [5.41, 5.74) is -0.144. The molecular formula is C11H14F2O2Si. The third-order valence-corrected chi connectivity index (χ3v) is 2.65. The van der Waals surface area contributed by atoms with Crippen LogP contribution in [0.15, 0.2) is 12.1 Å². The van der Waals surface area contributed by atoms with Crippen LogP contribution < -0.4 is 4.43 Å². The number of carbonyl (C=O) groups excluding carboxylic acids is 1. The number of hydrogen-bond acceptors (Lipinski definition) is 2. The van der Waals surface area contributed by atoms with Gasteiger partial charge in [-0.25, -0.2) is 8.78 Å². The Morgan fingerprint density at radius 3 is 2.19 bits per heavy atom. The Labute approximate surface area is 94.4 Å². The monoisotopic (exact) mass is 244 g/mol. The van der Waals surface area contributed by atoms with Crippen LogP contribution in [0.3, 0.4) is 0 Å². The smallest absolute Gasteiger partial charge is 0.242 e. The summed E-state index contributed by atoms with van der Waals surface area (Å²) in [6, 6.07) is 1.82. The van der Waals surface area contributed by atoms with Gasteiger partial charge in [-0.15, -0.1) is 0 Å². The van der Waals surface area contributed by atoms with Crippen molar-refractivity contribution >= 4 is 14.1 Å². The highest BCUT2D eigenvalue weighted by Crippen LogP contribution is 2.24. The molecule has 16 heavy (non-hydrogen) atoms. The maximum absolute atomic E-state index is 13.4. The van der Waals surface area contributed by atoms with Crippen molar-refractivity contribution in [3.8, 4) is 5.75 Å². The quantitative estimate of drug-likeness (QED) is 0.602. The Kier molecular flexibility index (Phi) is 3.47. The van der Waals surface area contributed by atoms with Crippen molar-refractivity contribution in [3.63, 3.8) is 0 Å². The molecule has 0 amide bonds.